The van der Waals surface area contributed by atoms with E-state index in [1.165, 1.54) is 12.1 Å². The number of carbonyl (C=O) groups excluding carboxylic acids is 1. The summed E-state index contributed by atoms with van der Waals surface area (Å²) in [6.45, 7) is 3.77. The number of fused-ring (bicyclic) bond motifs is 1. The van der Waals surface area contributed by atoms with Gasteiger partial charge in [0.2, 0.25) is 0 Å². The molecule has 0 aliphatic heterocycles. The van der Waals surface area contributed by atoms with Crippen LogP contribution in [0.3, 0.4) is 0 Å². The van der Waals surface area contributed by atoms with Gasteiger partial charge >= 0.3 is 0 Å². The van der Waals surface area contributed by atoms with E-state index >= 15 is 0 Å². The van der Waals surface area contributed by atoms with Crippen LogP contribution >= 0.6 is 0 Å². The van der Waals surface area contributed by atoms with Gasteiger partial charge in [0.25, 0.3) is 5.91 Å². The highest BCUT2D eigenvalue weighted by atomic mass is 32.2. The number of nitrogens with one attached hydrogen (secondary N) is 1. The van der Waals surface area contributed by atoms with Crippen molar-refractivity contribution in [2.75, 3.05) is 18.2 Å². The van der Waals surface area contributed by atoms with Crippen molar-refractivity contribution in [3.8, 4) is 0 Å². The number of amides is 1. The van der Waals surface area contributed by atoms with Gasteiger partial charge in [-0.1, -0.05) is 36.9 Å². The fraction of sp³-hybridized carbons (Fsp3) is 0.316. The summed E-state index contributed by atoms with van der Waals surface area (Å²) in [5.41, 5.74) is 3.76. The van der Waals surface area contributed by atoms with Crippen LogP contribution in [0.4, 0.5) is 5.69 Å². The molecule has 0 bridgehead atoms. The Labute approximate surface area is 163 Å². The monoisotopic (exact) mass is 402 g/mol. The largest absolute Gasteiger partial charge is 0.385 e. The standard InChI is InChI=1S/C19H22N4O4S/c1-4-13-7-6-8-14(5-2)19(13)20-18(24)12-27-23-17-11-15(28(3,25)26)9-10-16(17)21-22-23/h6-11H,4-5,12H2,1-3H3,(H,20,24). The third-order valence-corrected chi connectivity index (χ3v) is 5.51. The number of rotatable bonds is 7. The molecule has 0 radical (unpaired) electrons. The molecule has 1 N–H and O–H groups in total. The molecule has 28 heavy (non-hydrogen) atoms. The number of carbonyl (C=O) groups is 1. The molecule has 0 aliphatic rings. The number of anilines is 1. The molecule has 0 spiro atoms. The van der Waals surface area contributed by atoms with Gasteiger partial charge in [0, 0.05) is 11.9 Å². The number of sulfone groups is 1. The third-order valence-electron chi connectivity index (χ3n) is 4.40. The predicted octanol–water partition coefficient (Wildman–Crippen LogP) is 2.03. The van der Waals surface area contributed by atoms with Crippen molar-refractivity contribution in [2.45, 2.75) is 31.6 Å². The van der Waals surface area contributed by atoms with E-state index in [2.05, 4.69) is 15.6 Å². The second-order valence-corrected chi connectivity index (χ2v) is 8.38. The van der Waals surface area contributed by atoms with E-state index in [1.807, 2.05) is 32.0 Å². The number of benzene rings is 2. The zero-order valence-corrected chi connectivity index (χ0v) is 16.8. The highest BCUT2D eigenvalue weighted by Crippen LogP contribution is 2.22. The SMILES string of the molecule is CCc1cccc(CC)c1NC(=O)COn1nnc2ccc(S(C)(=O)=O)cc21. The van der Waals surface area contributed by atoms with Crippen LogP contribution in [0.1, 0.15) is 25.0 Å². The Balaban J connectivity index is 1.77. The van der Waals surface area contributed by atoms with Crippen LogP contribution < -0.4 is 10.2 Å². The van der Waals surface area contributed by atoms with Gasteiger partial charge in [-0.05, 0) is 47.4 Å². The summed E-state index contributed by atoms with van der Waals surface area (Å²) in [6.07, 6.45) is 2.71. The van der Waals surface area contributed by atoms with Crippen molar-refractivity contribution < 1.29 is 18.0 Å². The van der Waals surface area contributed by atoms with Gasteiger partial charge in [0.1, 0.15) is 11.0 Å². The first-order valence-electron chi connectivity index (χ1n) is 8.93. The Morgan fingerprint density at radius 3 is 2.43 bits per heavy atom. The number of nitrogens with zero attached hydrogens (tertiary/aromatic N) is 3. The first-order chi connectivity index (χ1) is 13.3. The lowest BCUT2D eigenvalue weighted by molar-refractivity contribution is -0.121. The quantitative estimate of drug-likeness (QED) is 0.649. The minimum atomic E-state index is -3.38. The van der Waals surface area contributed by atoms with Crippen molar-refractivity contribution in [3.05, 3.63) is 47.5 Å². The summed E-state index contributed by atoms with van der Waals surface area (Å²) in [7, 11) is -3.38. The normalized spacial score (nSPS) is 11.5. The Morgan fingerprint density at radius 2 is 1.82 bits per heavy atom. The second kappa shape index (κ2) is 7.97. The molecule has 1 amide bonds. The molecule has 0 saturated carbocycles. The molecular formula is C19H22N4O4S. The maximum Gasteiger partial charge on any atom is 0.265 e. The molecular weight excluding hydrogens is 380 g/mol. The van der Waals surface area contributed by atoms with E-state index in [1.54, 1.807) is 6.07 Å². The Hall–Kier alpha value is -2.94. The summed E-state index contributed by atoms with van der Waals surface area (Å²) < 4.78 is 23.5. The van der Waals surface area contributed by atoms with Gasteiger partial charge in [-0.15, -0.1) is 5.10 Å². The molecule has 148 valence electrons. The Bertz CT molecular complexity index is 1100. The van der Waals surface area contributed by atoms with Crippen molar-refractivity contribution in [3.63, 3.8) is 0 Å². The minimum absolute atomic E-state index is 0.126. The number of aryl methyl sites for hydroxylation is 2. The first kappa shape index (κ1) is 19.8. The van der Waals surface area contributed by atoms with Crippen molar-refractivity contribution >= 4 is 32.5 Å². The topological polar surface area (TPSA) is 103 Å². The van der Waals surface area contributed by atoms with E-state index in [0.717, 1.165) is 40.8 Å². The van der Waals surface area contributed by atoms with Crippen molar-refractivity contribution in [2.24, 2.45) is 0 Å². The molecule has 3 rings (SSSR count). The molecule has 0 atom stereocenters. The third kappa shape index (κ3) is 4.14. The molecule has 1 aromatic heterocycles. The summed E-state index contributed by atoms with van der Waals surface area (Å²) in [6, 6.07) is 10.4. The lowest BCUT2D eigenvalue weighted by Crippen LogP contribution is -2.27. The fourth-order valence-electron chi connectivity index (χ4n) is 2.90. The van der Waals surface area contributed by atoms with Crippen LogP contribution in [0.25, 0.3) is 11.0 Å². The van der Waals surface area contributed by atoms with Crippen LogP contribution in [0.15, 0.2) is 41.3 Å². The van der Waals surface area contributed by atoms with Crippen LogP contribution in [0.5, 0.6) is 0 Å². The summed E-state index contributed by atoms with van der Waals surface area (Å²) >= 11 is 0. The van der Waals surface area contributed by atoms with Gasteiger partial charge < -0.3 is 10.2 Å². The molecule has 3 aromatic rings. The number of hydrogen-bond acceptors (Lipinski definition) is 6. The second-order valence-electron chi connectivity index (χ2n) is 6.37. The zero-order chi connectivity index (χ0) is 20.3. The van der Waals surface area contributed by atoms with Gasteiger partial charge in [0.05, 0.1) is 4.90 Å². The lowest BCUT2D eigenvalue weighted by atomic mass is 10.0. The molecule has 9 heteroatoms. The van der Waals surface area contributed by atoms with Crippen LogP contribution in [0.2, 0.25) is 0 Å². The number of para-hydroxylation sites is 1. The number of hydrogen-bond donors (Lipinski definition) is 1. The fourth-order valence-corrected chi connectivity index (χ4v) is 3.54. The van der Waals surface area contributed by atoms with E-state index in [9.17, 15) is 13.2 Å². The average Bonchev–Trinajstić information content (AvgIpc) is 3.08. The molecule has 0 saturated heterocycles. The van der Waals surface area contributed by atoms with E-state index in [4.69, 9.17) is 4.84 Å². The predicted molar refractivity (Wildman–Crippen MR) is 106 cm³/mol. The van der Waals surface area contributed by atoms with Gasteiger partial charge in [-0.25, -0.2) is 8.42 Å². The Morgan fingerprint density at radius 1 is 1.14 bits per heavy atom. The maximum absolute atomic E-state index is 12.4. The zero-order valence-electron chi connectivity index (χ0n) is 16.0. The average molecular weight is 402 g/mol. The highest BCUT2D eigenvalue weighted by Gasteiger charge is 2.14. The first-order valence-corrected chi connectivity index (χ1v) is 10.8. The number of aromatic nitrogens is 3. The van der Waals surface area contributed by atoms with Crippen molar-refractivity contribution in [1.82, 2.24) is 15.2 Å². The lowest BCUT2D eigenvalue weighted by Gasteiger charge is -2.14. The van der Waals surface area contributed by atoms with Crippen molar-refractivity contribution in [1.29, 1.82) is 0 Å². The van der Waals surface area contributed by atoms with Crippen LogP contribution in [-0.2, 0) is 27.5 Å². The van der Waals surface area contributed by atoms with Gasteiger partial charge in [-0.3, -0.25) is 4.79 Å². The summed E-state index contributed by atoms with van der Waals surface area (Å²) in [4.78, 5) is 19.0. The molecule has 8 nitrogen and oxygen atoms in total. The van der Waals surface area contributed by atoms with Gasteiger partial charge in [0.15, 0.2) is 16.4 Å². The highest BCUT2D eigenvalue weighted by molar-refractivity contribution is 7.90. The smallest absolute Gasteiger partial charge is 0.265 e. The van der Waals surface area contributed by atoms with E-state index in [-0.39, 0.29) is 17.4 Å². The van der Waals surface area contributed by atoms with Gasteiger partial charge in [-0.2, -0.15) is 0 Å². The van der Waals surface area contributed by atoms with Crippen LogP contribution in [0, 0.1) is 0 Å². The molecule has 1 heterocycles. The summed E-state index contributed by atoms with van der Waals surface area (Å²) in [5, 5.41) is 10.7. The van der Waals surface area contributed by atoms with E-state index < -0.39 is 9.84 Å². The van der Waals surface area contributed by atoms with Crippen LogP contribution in [-0.4, -0.2) is 42.3 Å². The van der Waals surface area contributed by atoms with E-state index in [0.29, 0.717) is 11.0 Å². The Kier molecular flexibility index (Phi) is 5.64. The molecule has 2 aromatic carbocycles. The molecule has 0 unspecified atom stereocenters. The summed E-state index contributed by atoms with van der Waals surface area (Å²) in [5.74, 6) is -0.335. The molecule has 0 fully saturated rings. The molecule has 0 aliphatic carbocycles. The minimum Gasteiger partial charge on any atom is -0.385 e. The maximum atomic E-state index is 12.4.